The van der Waals surface area contributed by atoms with Crippen molar-refractivity contribution in [1.29, 1.82) is 0 Å². The molecule has 120 valence electrons. The van der Waals surface area contributed by atoms with E-state index in [0.29, 0.717) is 0 Å². The Hall–Kier alpha value is -2.68. The monoisotopic (exact) mass is 324 g/mol. The molecule has 0 saturated heterocycles. The molecule has 0 unspecified atom stereocenters. The zero-order valence-electron chi connectivity index (χ0n) is 11.6. The van der Waals surface area contributed by atoms with Crippen molar-refractivity contribution in [3.05, 3.63) is 46.5 Å². The minimum Gasteiger partial charge on any atom is -0.394 e. The highest BCUT2D eigenvalue weighted by Gasteiger charge is 2.34. The van der Waals surface area contributed by atoms with Crippen LogP contribution in [0.1, 0.15) is 5.56 Å². The van der Waals surface area contributed by atoms with E-state index in [1.54, 1.807) is 0 Å². The van der Waals surface area contributed by atoms with Crippen LogP contribution in [-0.2, 0) is 12.7 Å². The summed E-state index contributed by atoms with van der Waals surface area (Å²) in [7, 11) is 0. The molecule has 0 amide bonds. The van der Waals surface area contributed by atoms with Gasteiger partial charge in [-0.15, -0.1) is 0 Å². The molecule has 2 heterocycles. The summed E-state index contributed by atoms with van der Waals surface area (Å²) >= 11 is 0. The van der Waals surface area contributed by atoms with Crippen molar-refractivity contribution in [3.8, 4) is 11.3 Å². The fraction of sp³-hybridized carbons (Fsp3) is 0.214. The van der Waals surface area contributed by atoms with Gasteiger partial charge in [-0.1, -0.05) is 18.2 Å². The molecule has 0 aliphatic rings. The van der Waals surface area contributed by atoms with Crippen LogP contribution in [-0.4, -0.2) is 31.5 Å². The third-order valence-electron chi connectivity index (χ3n) is 3.33. The Labute approximate surface area is 127 Å². The van der Waals surface area contributed by atoms with Crippen molar-refractivity contribution in [3.63, 3.8) is 0 Å². The Morgan fingerprint density at radius 3 is 2.70 bits per heavy atom. The third kappa shape index (κ3) is 2.59. The van der Waals surface area contributed by atoms with Crippen molar-refractivity contribution >= 4 is 11.0 Å². The molecule has 0 aliphatic carbocycles. The number of benzene rings is 1. The first-order valence-electron chi connectivity index (χ1n) is 6.65. The number of fused-ring (bicyclic) bond motifs is 1. The number of hydrogen-bond donors (Lipinski definition) is 2. The summed E-state index contributed by atoms with van der Waals surface area (Å²) in [6.45, 7) is -0.271. The summed E-state index contributed by atoms with van der Waals surface area (Å²) in [6, 6.07) is 4.88. The second kappa shape index (κ2) is 5.51. The molecule has 6 nitrogen and oxygen atoms in total. The van der Waals surface area contributed by atoms with E-state index in [-0.39, 0.29) is 35.4 Å². The van der Waals surface area contributed by atoms with Gasteiger partial charge >= 0.3 is 6.18 Å². The van der Waals surface area contributed by atoms with Crippen molar-refractivity contribution in [2.45, 2.75) is 12.7 Å². The lowest BCUT2D eigenvalue weighted by Gasteiger charge is -2.10. The lowest BCUT2D eigenvalue weighted by molar-refractivity contribution is -0.137. The second-order valence-electron chi connectivity index (χ2n) is 4.77. The highest BCUT2D eigenvalue weighted by Crippen LogP contribution is 2.37. The Balaban J connectivity index is 2.36. The van der Waals surface area contributed by atoms with Gasteiger partial charge in [-0.2, -0.15) is 18.3 Å². The van der Waals surface area contributed by atoms with Gasteiger partial charge in [0.15, 0.2) is 5.65 Å². The number of aliphatic hydroxyl groups excluding tert-OH is 1. The largest absolute Gasteiger partial charge is 0.417 e. The molecular weight excluding hydrogens is 313 g/mol. The van der Waals surface area contributed by atoms with Crippen molar-refractivity contribution < 1.29 is 18.3 Å². The standard InChI is InChI=1S/C14H11F3N4O2/c15-14(16,17)9-4-2-1-3-8(9)11-10-12(18-7-19-13(10)23)21(20-11)5-6-22/h1-4,7,22H,5-6H2,(H,18,19,23). The number of rotatable bonds is 3. The van der Waals surface area contributed by atoms with E-state index in [0.717, 1.165) is 12.4 Å². The molecule has 2 N–H and O–H groups in total. The topological polar surface area (TPSA) is 83.8 Å². The Morgan fingerprint density at radius 1 is 1.26 bits per heavy atom. The number of aliphatic hydroxyl groups is 1. The highest BCUT2D eigenvalue weighted by atomic mass is 19.4. The van der Waals surface area contributed by atoms with Crippen LogP contribution >= 0.6 is 0 Å². The van der Waals surface area contributed by atoms with Gasteiger partial charge in [-0.05, 0) is 6.07 Å². The first-order chi connectivity index (χ1) is 10.9. The van der Waals surface area contributed by atoms with E-state index in [9.17, 15) is 18.0 Å². The summed E-state index contributed by atoms with van der Waals surface area (Å²) in [6.07, 6.45) is -3.45. The molecule has 2 aromatic heterocycles. The average molecular weight is 324 g/mol. The maximum Gasteiger partial charge on any atom is 0.417 e. The van der Waals surface area contributed by atoms with E-state index >= 15 is 0 Å². The van der Waals surface area contributed by atoms with Gasteiger partial charge < -0.3 is 10.1 Å². The van der Waals surface area contributed by atoms with E-state index in [4.69, 9.17) is 5.11 Å². The van der Waals surface area contributed by atoms with Crippen LogP contribution in [0.5, 0.6) is 0 Å². The Kier molecular flexibility index (Phi) is 3.64. The number of aromatic nitrogens is 4. The van der Waals surface area contributed by atoms with Gasteiger partial charge in [0.25, 0.3) is 5.56 Å². The predicted molar refractivity (Wildman–Crippen MR) is 75.7 cm³/mol. The van der Waals surface area contributed by atoms with Crippen LogP contribution in [0.2, 0.25) is 0 Å². The maximum absolute atomic E-state index is 13.2. The molecule has 3 rings (SSSR count). The van der Waals surface area contributed by atoms with E-state index in [1.807, 2.05) is 0 Å². The molecule has 0 aliphatic heterocycles. The molecule has 9 heteroatoms. The molecule has 3 aromatic rings. The fourth-order valence-electron chi connectivity index (χ4n) is 2.39. The van der Waals surface area contributed by atoms with Gasteiger partial charge in [0.2, 0.25) is 0 Å². The molecule has 23 heavy (non-hydrogen) atoms. The molecule has 1 aromatic carbocycles. The molecule has 0 bridgehead atoms. The quantitative estimate of drug-likeness (QED) is 0.769. The van der Waals surface area contributed by atoms with Gasteiger partial charge in [0, 0.05) is 5.56 Å². The van der Waals surface area contributed by atoms with Crippen LogP contribution in [0.25, 0.3) is 22.3 Å². The normalized spacial score (nSPS) is 12.0. The zero-order valence-corrected chi connectivity index (χ0v) is 11.6. The molecule has 0 spiro atoms. The van der Waals surface area contributed by atoms with Crippen LogP contribution in [0.4, 0.5) is 13.2 Å². The Morgan fingerprint density at radius 2 is 2.00 bits per heavy atom. The van der Waals surface area contributed by atoms with Gasteiger partial charge in [0.1, 0.15) is 11.1 Å². The summed E-state index contributed by atoms with van der Waals surface area (Å²) < 4.78 is 40.9. The summed E-state index contributed by atoms with van der Waals surface area (Å²) in [5.41, 5.74) is -1.68. The molecule has 0 atom stereocenters. The predicted octanol–water partition coefficient (Wildman–Crippen LogP) is 1.80. The second-order valence-corrected chi connectivity index (χ2v) is 4.77. The van der Waals surface area contributed by atoms with Crippen LogP contribution in [0, 0.1) is 0 Å². The highest BCUT2D eigenvalue weighted by molar-refractivity contribution is 5.91. The van der Waals surface area contributed by atoms with Gasteiger partial charge in [-0.3, -0.25) is 4.79 Å². The van der Waals surface area contributed by atoms with Gasteiger partial charge in [0.05, 0.1) is 25.0 Å². The van der Waals surface area contributed by atoms with Crippen molar-refractivity contribution in [1.82, 2.24) is 19.7 Å². The zero-order chi connectivity index (χ0) is 16.6. The number of halogens is 3. The fourth-order valence-corrected chi connectivity index (χ4v) is 2.39. The lowest BCUT2D eigenvalue weighted by atomic mass is 10.0. The molecule has 0 fully saturated rings. The SMILES string of the molecule is O=c1[nH]cnc2c1c(-c1ccccc1C(F)(F)F)nn2CCO. The minimum atomic E-state index is -4.58. The Bertz CT molecular complexity index is 914. The number of nitrogens with one attached hydrogen (secondary N) is 1. The minimum absolute atomic E-state index is 0.0150. The first kappa shape index (κ1) is 15.2. The number of aromatic amines is 1. The maximum atomic E-state index is 13.2. The van der Waals surface area contributed by atoms with E-state index in [1.165, 1.54) is 22.9 Å². The summed E-state index contributed by atoms with van der Waals surface area (Å²) in [4.78, 5) is 18.3. The van der Waals surface area contributed by atoms with E-state index < -0.39 is 17.3 Å². The van der Waals surface area contributed by atoms with Gasteiger partial charge in [-0.25, -0.2) is 9.67 Å². The number of nitrogens with zero attached hydrogens (tertiary/aromatic N) is 3. The van der Waals surface area contributed by atoms with Crippen LogP contribution < -0.4 is 5.56 Å². The summed E-state index contributed by atoms with van der Waals surface area (Å²) in [5.74, 6) is 0. The summed E-state index contributed by atoms with van der Waals surface area (Å²) in [5, 5.41) is 13.1. The molecule has 0 saturated carbocycles. The first-order valence-corrected chi connectivity index (χ1v) is 6.65. The number of alkyl halides is 3. The number of H-pyrrole nitrogens is 1. The van der Waals surface area contributed by atoms with Crippen molar-refractivity contribution in [2.75, 3.05) is 6.61 Å². The third-order valence-corrected chi connectivity index (χ3v) is 3.33. The van der Waals surface area contributed by atoms with Crippen LogP contribution in [0.3, 0.4) is 0 Å². The molecule has 0 radical (unpaired) electrons. The smallest absolute Gasteiger partial charge is 0.394 e. The molecular formula is C14H11F3N4O2. The van der Waals surface area contributed by atoms with Crippen LogP contribution in [0.15, 0.2) is 35.4 Å². The average Bonchev–Trinajstić information content (AvgIpc) is 2.87. The van der Waals surface area contributed by atoms with E-state index in [2.05, 4.69) is 15.1 Å². The van der Waals surface area contributed by atoms with Crippen molar-refractivity contribution in [2.24, 2.45) is 0 Å². The number of hydrogen-bond acceptors (Lipinski definition) is 4. The lowest BCUT2D eigenvalue weighted by Crippen LogP contribution is -2.09.